The Morgan fingerprint density at radius 2 is 1.71 bits per heavy atom. The molecule has 4 aromatic rings. The molecule has 0 fully saturated rings. The summed E-state index contributed by atoms with van der Waals surface area (Å²) in [5.41, 5.74) is 7.94. The lowest BCUT2D eigenvalue weighted by Gasteiger charge is -2.26. The molecule has 0 aliphatic heterocycles. The van der Waals surface area contributed by atoms with Gasteiger partial charge >= 0.3 is 0 Å². The molecule has 0 saturated heterocycles. The van der Waals surface area contributed by atoms with Gasteiger partial charge in [-0.3, -0.25) is 14.3 Å². The van der Waals surface area contributed by atoms with Crippen molar-refractivity contribution in [1.82, 2.24) is 9.78 Å². The van der Waals surface area contributed by atoms with Gasteiger partial charge in [-0.15, -0.1) is 0 Å². The molecular formula is C26H26N4O4. The lowest BCUT2D eigenvalue weighted by molar-refractivity contribution is 0.0992. The first-order valence-electron chi connectivity index (χ1n) is 10.8. The van der Waals surface area contributed by atoms with E-state index in [9.17, 15) is 9.59 Å². The molecule has 8 nitrogen and oxygen atoms in total. The molecule has 2 amide bonds. The first-order chi connectivity index (χ1) is 16.3. The third kappa shape index (κ3) is 4.71. The van der Waals surface area contributed by atoms with Crippen LogP contribution in [-0.4, -0.2) is 21.6 Å². The molecule has 2 aromatic carbocycles. The summed E-state index contributed by atoms with van der Waals surface area (Å²) in [6.45, 7) is 4.53. The second kappa shape index (κ2) is 9.27. The Hall–Kier alpha value is -4.33. The highest BCUT2D eigenvalue weighted by atomic mass is 16.5. The molecule has 3 N–H and O–H groups in total. The maximum Gasteiger partial charge on any atom is 0.291 e. The number of anilines is 1. The Kier molecular flexibility index (Phi) is 6.23. The molecule has 34 heavy (non-hydrogen) atoms. The maximum absolute atomic E-state index is 12.5. The van der Waals surface area contributed by atoms with E-state index in [-0.39, 0.29) is 29.2 Å². The average Bonchev–Trinajstić information content (AvgIpc) is 3.45. The monoisotopic (exact) mass is 458 g/mol. The van der Waals surface area contributed by atoms with Gasteiger partial charge in [-0.1, -0.05) is 56.3 Å². The van der Waals surface area contributed by atoms with Crippen molar-refractivity contribution in [3.05, 3.63) is 101 Å². The molecule has 2 heterocycles. The van der Waals surface area contributed by atoms with Gasteiger partial charge in [0.2, 0.25) is 0 Å². The van der Waals surface area contributed by atoms with Crippen molar-refractivity contribution >= 4 is 17.5 Å². The van der Waals surface area contributed by atoms with E-state index in [1.54, 1.807) is 19.2 Å². The van der Waals surface area contributed by atoms with Gasteiger partial charge in [0.1, 0.15) is 23.8 Å². The largest absolute Gasteiger partial charge is 0.486 e. The zero-order chi connectivity index (χ0) is 24.3. The number of aromatic nitrogens is 2. The van der Waals surface area contributed by atoms with Crippen LogP contribution in [0.25, 0.3) is 0 Å². The fourth-order valence-corrected chi connectivity index (χ4v) is 3.73. The summed E-state index contributed by atoms with van der Waals surface area (Å²) in [5.74, 6) is 0.0470. The van der Waals surface area contributed by atoms with Crippen LogP contribution in [-0.2, 0) is 19.1 Å². The highest BCUT2D eigenvalue weighted by Gasteiger charge is 2.23. The number of nitrogens with one attached hydrogen (secondary N) is 1. The molecule has 174 valence electrons. The fourth-order valence-electron chi connectivity index (χ4n) is 3.73. The number of rotatable bonds is 8. The number of hydrogen-bond donors (Lipinski definition) is 2. The van der Waals surface area contributed by atoms with E-state index in [0.717, 1.165) is 0 Å². The van der Waals surface area contributed by atoms with Crippen molar-refractivity contribution in [2.24, 2.45) is 12.8 Å². The molecular weight excluding hydrogens is 432 g/mol. The Labute approximate surface area is 197 Å². The highest BCUT2D eigenvalue weighted by Crippen LogP contribution is 2.32. The minimum absolute atomic E-state index is 0.0813. The number of nitrogens with two attached hydrogens (primary N) is 1. The number of nitrogens with zero attached hydrogens (tertiary/aromatic N) is 2. The van der Waals surface area contributed by atoms with Crippen molar-refractivity contribution in [2.45, 2.75) is 25.9 Å². The van der Waals surface area contributed by atoms with Crippen LogP contribution in [0.3, 0.4) is 0 Å². The molecule has 0 atom stereocenters. The van der Waals surface area contributed by atoms with Crippen molar-refractivity contribution < 1.29 is 18.7 Å². The molecule has 2 aromatic heterocycles. The topological polar surface area (TPSA) is 112 Å². The molecule has 0 aliphatic carbocycles. The SMILES string of the molecule is Cn1ncc(NC(=O)c2ccc(COc3ccc(C(C)(C)c4ccccc4)cc3)o2)c1C(N)=O. The van der Waals surface area contributed by atoms with Gasteiger partial charge in [-0.2, -0.15) is 5.10 Å². The van der Waals surface area contributed by atoms with Crippen molar-refractivity contribution in [2.75, 3.05) is 5.32 Å². The lowest BCUT2D eigenvalue weighted by Crippen LogP contribution is -2.20. The van der Waals surface area contributed by atoms with Crippen LogP contribution < -0.4 is 15.8 Å². The van der Waals surface area contributed by atoms with E-state index in [4.69, 9.17) is 14.9 Å². The maximum atomic E-state index is 12.5. The molecule has 0 unspecified atom stereocenters. The second-order valence-corrected chi connectivity index (χ2v) is 8.42. The molecule has 0 aliphatic rings. The Morgan fingerprint density at radius 1 is 1.03 bits per heavy atom. The fraction of sp³-hybridized carbons (Fsp3) is 0.192. The Bertz CT molecular complexity index is 1300. The predicted octanol–water partition coefficient (Wildman–Crippen LogP) is 4.27. The number of benzene rings is 2. The highest BCUT2D eigenvalue weighted by molar-refractivity contribution is 6.06. The third-order valence-electron chi connectivity index (χ3n) is 5.76. The predicted molar refractivity (Wildman–Crippen MR) is 128 cm³/mol. The van der Waals surface area contributed by atoms with Crippen molar-refractivity contribution in [3.63, 3.8) is 0 Å². The first kappa shape index (κ1) is 22.8. The number of amides is 2. The van der Waals surface area contributed by atoms with Crippen LogP contribution in [0.15, 0.2) is 77.3 Å². The molecule has 0 saturated carbocycles. The zero-order valence-corrected chi connectivity index (χ0v) is 19.2. The summed E-state index contributed by atoms with van der Waals surface area (Å²) in [6.07, 6.45) is 1.35. The lowest BCUT2D eigenvalue weighted by atomic mass is 9.78. The van der Waals surface area contributed by atoms with E-state index in [0.29, 0.717) is 11.5 Å². The standard InChI is InChI=1S/C26H26N4O4/c1-26(2,17-7-5-4-6-8-17)18-9-11-19(12-10-18)33-16-20-13-14-22(34-20)25(32)29-21-15-28-30(3)23(21)24(27)31/h4-15H,16H2,1-3H3,(H2,27,31)(H,29,32). The number of furan rings is 1. The molecule has 0 bridgehead atoms. The van der Waals surface area contributed by atoms with Gasteiger partial charge < -0.3 is 20.2 Å². The normalized spacial score (nSPS) is 11.3. The van der Waals surface area contributed by atoms with Crippen LogP contribution in [0.1, 0.15) is 51.8 Å². The molecule has 0 radical (unpaired) electrons. The van der Waals surface area contributed by atoms with Crippen LogP contribution in [0.2, 0.25) is 0 Å². The van der Waals surface area contributed by atoms with E-state index >= 15 is 0 Å². The number of aryl methyl sites for hydroxylation is 1. The minimum Gasteiger partial charge on any atom is -0.486 e. The number of primary amides is 1. The third-order valence-corrected chi connectivity index (χ3v) is 5.76. The second-order valence-electron chi connectivity index (χ2n) is 8.42. The summed E-state index contributed by atoms with van der Waals surface area (Å²) < 4.78 is 12.7. The van der Waals surface area contributed by atoms with Gasteiger partial charge in [-0.05, 0) is 35.4 Å². The number of carbonyl (C=O) groups excluding carboxylic acids is 2. The molecule has 4 rings (SSSR count). The van der Waals surface area contributed by atoms with E-state index < -0.39 is 11.8 Å². The minimum atomic E-state index is -0.693. The summed E-state index contributed by atoms with van der Waals surface area (Å²) in [6, 6.07) is 21.5. The summed E-state index contributed by atoms with van der Waals surface area (Å²) in [5, 5.41) is 6.53. The average molecular weight is 459 g/mol. The first-order valence-corrected chi connectivity index (χ1v) is 10.8. The quantitative estimate of drug-likeness (QED) is 0.409. The van der Waals surface area contributed by atoms with Gasteiger partial charge in [-0.25, -0.2) is 0 Å². The van der Waals surface area contributed by atoms with Crippen LogP contribution >= 0.6 is 0 Å². The van der Waals surface area contributed by atoms with Crippen molar-refractivity contribution in [1.29, 1.82) is 0 Å². The number of hydrogen-bond acceptors (Lipinski definition) is 5. The van der Waals surface area contributed by atoms with Gasteiger partial charge in [0, 0.05) is 12.5 Å². The Balaban J connectivity index is 1.38. The molecule has 0 spiro atoms. The summed E-state index contributed by atoms with van der Waals surface area (Å²) in [4.78, 5) is 24.1. The Morgan fingerprint density at radius 3 is 2.38 bits per heavy atom. The zero-order valence-electron chi connectivity index (χ0n) is 19.2. The van der Waals surface area contributed by atoms with Crippen LogP contribution in [0, 0.1) is 0 Å². The van der Waals surface area contributed by atoms with Crippen LogP contribution in [0.5, 0.6) is 5.75 Å². The van der Waals surface area contributed by atoms with Gasteiger partial charge in [0.25, 0.3) is 11.8 Å². The summed E-state index contributed by atoms with van der Waals surface area (Å²) >= 11 is 0. The smallest absolute Gasteiger partial charge is 0.291 e. The van der Waals surface area contributed by atoms with E-state index in [2.05, 4.69) is 36.4 Å². The number of carbonyl (C=O) groups is 2. The van der Waals surface area contributed by atoms with Crippen molar-refractivity contribution in [3.8, 4) is 5.75 Å². The van der Waals surface area contributed by atoms with Gasteiger partial charge in [0.15, 0.2) is 5.76 Å². The number of ether oxygens (including phenoxy) is 1. The van der Waals surface area contributed by atoms with Gasteiger partial charge in [0.05, 0.1) is 11.9 Å². The van der Waals surface area contributed by atoms with E-state index in [1.165, 1.54) is 22.0 Å². The van der Waals surface area contributed by atoms with Crippen LogP contribution in [0.4, 0.5) is 5.69 Å². The van der Waals surface area contributed by atoms with E-state index in [1.807, 2.05) is 42.5 Å². The summed E-state index contributed by atoms with van der Waals surface area (Å²) in [7, 11) is 1.56. The molecule has 8 heteroatoms.